The van der Waals surface area contributed by atoms with Crippen LogP contribution in [0.15, 0.2) is 28.7 Å². The number of anilines is 1. The van der Waals surface area contributed by atoms with Crippen molar-refractivity contribution in [2.75, 3.05) is 5.32 Å². The number of hydrogen-bond acceptors (Lipinski definition) is 3. The second-order valence-corrected chi connectivity index (χ2v) is 4.72. The summed E-state index contributed by atoms with van der Waals surface area (Å²) in [6.45, 7) is 6.20. The van der Waals surface area contributed by atoms with Crippen LogP contribution in [-0.4, -0.2) is 11.1 Å². The average Bonchev–Trinajstić information content (AvgIpc) is 2.67. The molecule has 19 heavy (non-hydrogen) atoms. The van der Waals surface area contributed by atoms with Crippen LogP contribution >= 0.6 is 0 Å². The molecule has 1 heterocycles. The van der Waals surface area contributed by atoms with Crippen LogP contribution < -0.4 is 5.32 Å². The molecule has 0 bridgehead atoms. The van der Waals surface area contributed by atoms with Crippen molar-refractivity contribution in [1.82, 2.24) is 0 Å². The molecule has 0 radical (unpaired) electrons. The molecule has 4 nitrogen and oxygen atoms in total. The van der Waals surface area contributed by atoms with Gasteiger partial charge in [-0.05, 0) is 50.1 Å². The standard InChI is InChI=1S/C15H17NO3/c1-9-4-10(2)6-12(5-9)16-8-13-7-14(15(17)18)11(3)19-13/h4-7,16H,8H2,1-3H3,(H,17,18). The molecule has 0 saturated carbocycles. The Bertz CT molecular complexity index is 594. The number of furan rings is 1. The maximum atomic E-state index is 10.9. The molecule has 2 aromatic rings. The van der Waals surface area contributed by atoms with Gasteiger partial charge < -0.3 is 14.8 Å². The highest BCUT2D eigenvalue weighted by Crippen LogP contribution is 2.18. The second-order valence-electron chi connectivity index (χ2n) is 4.72. The third-order valence-electron chi connectivity index (χ3n) is 2.89. The fraction of sp³-hybridized carbons (Fsp3) is 0.267. The molecule has 1 aromatic heterocycles. The van der Waals surface area contributed by atoms with Crippen molar-refractivity contribution in [1.29, 1.82) is 0 Å². The molecule has 4 heteroatoms. The van der Waals surface area contributed by atoms with Gasteiger partial charge in [-0.3, -0.25) is 0 Å². The van der Waals surface area contributed by atoms with Gasteiger partial charge >= 0.3 is 5.97 Å². The Balaban J connectivity index is 2.10. The van der Waals surface area contributed by atoms with Crippen molar-refractivity contribution in [2.45, 2.75) is 27.3 Å². The number of carboxylic acid groups (broad SMARTS) is 1. The van der Waals surface area contributed by atoms with Gasteiger partial charge in [0.15, 0.2) is 0 Å². The monoisotopic (exact) mass is 259 g/mol. The number of carbonyl (C=O) groups is 1. The molecule has 0 saturated heterocycles. The van der Waals surface area contributed by atoms with Crippen LogP contribution in [0.4, 0.5) is 5.69 Å². The van der Waals surface area contributed by atoms with Crippen LogP contribution in [0, 0.1) is 20.8 Å². The van der Waals surface area contributed by atoms with E-state index in [9.17, 15) is 4.79 Å². The summed E-state index contributed by atoms with van der Waals surface area (Å²) in [7, 11) is 0. The molecule has 0 atom stereocenters. The van der Waals surface area contributed by atoms with Gasteiger partial charge in [0, 0.05) is 5.69 Å². The maximum absolute atomic E-state index is 10.9. The number of nitrogens with one attached hydrogen (secondary N) is 1. The van der Waals surface area contributed by atoms with Gasteiger partial charge in [0.05, 0.1) is 6.54 Å². The number of carboxylic acids is 1. The lowest BCUT2D eigenvalue weighted by Gasteiger charge is -2.07. The molecule has 1 aromatic carbocycles. The Morgan fingerprint density at radius 2 is 1.79 bits per heavy atom. The minimum absolute atomic E-state index is 0.220. The van der Waals surface area contributed by atoms with E-state index in [2.05, 4.69) is 11.4 Å². The maximum Gasteiger partial charge on any atom is 0.339 e. The molecule has 100 valence electrons. The molecular weight excluding hydrogens is 242 g/mol. The van der Waals surface area contributed by atoms with E-state index >= 15 is 0 Å². The Labute approximate surface area is 112 Å². The summed E-state index contributed by atoms with van der Waals surface area (Å²) in [5.41, 5.74) is 3.59. The summed E-state index contributed by atoms with van der Waals surface area (Å²) in [6.07, 6.45) is 0. The summed E-state index contributed by atoms with van der Waals surface area (Å²) in [4.78, 5) is 10.9. The third kappa shape index (κ3) is 3.16. The van der Waals surface area contributed by atoms with E-state index in [1.54, 1.807) is 13.0 Å². The van der Waals surface area contributed by atoms with E-state index < -0.39 is 5.97 Å². The van der Waals surface area contributed by atoms with Gasteiger partial charge in [0.25, 0.3) is 0 Å². The van der Waals surface area contributed by atoms with Gasteiger partial charge in [-0.25, -0.2) is 4.79 Å². The lowest BCUT2D eigenvalue weighted by atomic mass is 10.1. The van der Waals surface area contributed by atoms with Gasteiger partial charge in [0.1, 0.15) is 17.1 Å². The molecule has 2 rings (SSSR count). The zero-order valence-corrected chi connectivity index (χ0v) is 11.3. The zero-order valence-electron chi connectivity index (χ0n) is 11.3. The van der Waals surface area contributed by atoms with Crippen LogP contribution in [0.5, 0.6) is 0 Å². The van der Waals surface area contributed by atoms with Crippen molar-refractivity contribution < 1.29 is 14.3 Å². The third-order valence-corrected chi connectivity index (χ3v) is 2.89. The average molecular weight is 259 g/mol. The van der Waals surface area contributed by atoms with Crippen molar-refractivity contribution in [2.24, 2.45) is 0 Å². The Morgan fingerprint density at radius 3 is 2.32 bits per heavy atom. The minimum atomic E-state index is -0.959. The fourth-order valence-corrected chi connectivity index (χ4v) is 2.11. The number of aromatic carboxylic acids is 1. The quantitative estimate of drug-likeness (QED) is 0.881. The van der Waals surface area contributed by atoms with E-state index in [1.165, 1.54) is 11.1 Å². The highest BCUT2D eigenvalue weighted by atomic mass is 16.4. The fourth-order valence-electron chi connectivity index (χ4n) is 2.11. The molecule has 0 aliphatic carbocycles. The van der Waals surface area contributed by atoms with Crippen LogP contribution in [-0.2, 0) is 6.54 Å². The Hall–Kier alpha value is -2.23. The molecule has 0 aliphatic heterocycles. The Kier molecular flexibility index (Phi) is 3.60. The molecule has 0 amide bonds. The largest absolute Gasteiger partial charge is 0.478 e. The van der Waals surface area contributed by atoms with E-state index in [1.807, 2.05) is 26.0 Å². The summed E-state index contributed by atoms with van der Waals surface area (Å²) >= 11 is 0. The highest BCUT2D eigenvalue weighted by molar-refractivity contribution is 5.88. The summed E-state index contributed by atoms with van der Waals surface area (Å²) in [6, 6.07) is 7.75. The normalized spacial score (nSPS) is 10.5. The van der Waals surface area contributed by atoms with Gasteiger partial charge in [0.2, 0.25) is 0 Å². The van der Waals surface area contributed by atoms with Crippen molar-refractivity contribution in [3.8, 4) is 0 Å². The van der Waals surface area contributed by atoms with E-state index in [0.717, 1.165) is 5.69 Å². The van der Waals surface area contributed by atoms with Crippen LogP contribution in [0.2, 0.25) is 0 Å². The number of aryl methyl sites for hydroxylation is 3. The number of rotatable bonds is 4. The van der Waals surface area contributed by atoms with Crippen LogP contribution in [0.25, 0.3) is 0 Å². The first-order valence-corrected chi connectivity index (χ1v) is 6.10. The molecule has 0 fully saturated rings. The molecule has 0 unspecified atom stereocenters. The SMILES string of the molecule is Cc1cc(C)cc(NCc2cc(C(=O)O)c(C)o2)c1. The van der Waals surface area contributed by atoms with E-state index in [4.69, 9.17) is 9.52 Å². The molecular formula is C15H17NO3. The lowest BCUT2D eigenvalue weighted by molar-refractivity contribution is 0.0695. The van der Waals surface area contributed by atoms with Gasteiger partial charge in [-0.2, -0.15) is 0 Å². The second kappa shape index (κ2) is 5.18. The van der Waals surface area contributed by atoms with Crippen LogP contribution in [0.3, 0.4) is 0 Å². The van der Waals surface area contributed by atoms with Crippen molar-refractivity contribution >= 4 is 11.7 Å². The van der Waals surface area contributed by atoms with E-state index in [-0.39, 0.29) is 5.56 Å². The summed E-state index contributed by atoms with van der Waals surface area (Å²) < 4.78 is 5.41. The molecule has 0 aliphatic rings. The first kappa shape index (κ1) is 13.2. The number of benzene rings is 1. The first-order valence-electron chi connectivity index (χ1n) is 6.10. The predicted octanol–water partition coefficient (Wildman–Crippen LogP) is 3.52. The predicted molar refractivity (Wildman–Crippen MR) is 73.6 cm³/mol. The zero-order chi connectivity index (χ0) is 14.0. The highest BCUT2D eigenvalue weighted by Gasteiger charge is 2.13. The van der Waals surface area contributed by atoms with Gasteiger partial charge in [-0.15, -0.1) is 0 Å². The Morgan fingerprint density at radius 1 is 1.16 bits per heavy atom. The lowest BCUT2D eigenvalue weighted by Crippen LogP contribution is -1.99. The first-order chi connectivity index (χ1) is 8.95. The molecule has 2 N–H and O–H groups in total. The topological polar surface area (TPSA) is 62.5 Å². The van der Waals surface area contributed by atoms with Crippen molar-refractivity contribution in [3.05, 3.63) is 52.5 Å². The summed E-state index contributed by atoms with van der Waals surface area (Å²) in [5, 5.41) is 12.2. The summed E-state index contributed by atoms with van der Waals surface area (Å²) in [5.74, 6) is 0.0951. The smallest absolute Gasteiger partial charge is 0.339 e. The number of hydrogen-bond donors (Lipinski definition) is 2. The van der Waals surface area contributed by atoms with Crippen molar-refractivity contribution in [3.63, 3.8) is 0 Å². The minimum Gasteiger partial charge on any atom is -0.478 e. The van der Waals surface area contributed by atoms with E-state index in [0.29, 0.717) is 18.1 Å². The molecule has 0 spiro atoms. The van der Waals surface area contributed by atoms with Gasteiger partial charge in [-0.1, -0.05) is 6.07 Å². The van der Waals surface area contributed by atoms with Crippen LogP contribution in [0.1, 0.15) is 33.0 Å².